The van der Waals surface area contributed by atoms with Crippen molar-refractivity contribution in [1.29, 1.82) is 0 Å². The van der Waals surface area contributed by atoms with Gasteiger partial charge in [-0.25, -0.2) is 0 Å². The van der Waals surface area contributed by atoms with Crippen molar-refractivity contribution in [2.24, 2.45) is 0 Å². The summed E-state index contributed by atoms with van der Waals surface area (Å²) in [5.74, 6) is -0.832. The molecule has 0 radical (unpaired) electrons. The van der Waals surface area contributed by atoms with Gasteiger partial charge in [0.15, 0.2) is 6.10 Å². The van der Waals surface area contributed by atoms with E-state index in [1.807, 2.05) is 0 Å². The van der Waals surface area contributed by atoms with E-state index in [-0.39, 0.29) is 31.1 Å². The first-order valence-corrected chi connectivity index (χ1v) is 33.2. The third kappa shape index (κ3) is 60.9. The number of carbonyl (C=O) groups is 3. The van der Waals surface area contributed by atoms with Crippen LogP contribution in [0.3, 0.4) is 0 Å². The number of hydrogen-bond donors (Lipinski definition) is 0. The van der Waals surface area contributed by atoms with E-state index in [9.17, 15) is 14.4 Å². The SMILES string of the molecule is CCCCCCCC/C=C\CCCCCCCCCCCC(=O)OC[C@H](COC(=O)CCCCCCCCCCCCCCCCCCCCCCC)OC(=O)CCCCCCCCCCCCCCCCC. The van der Waals surface area contributed by atoms with Crippen molar-refractivity contribution < 1.29 is 28.6 Å². The zero-order chi connectivity index (χ0) is 52.9. The summed E-state index contributed by atoms with van der Waals surface area (Å²) in [5.41, 5.74) is 0. The smallest absolute Gasteiger partial charge is 0.306 e. The molecule has 0 bridgehead atoms. The molecule has 0 amide bonds. The summed E-state index contributed by atoms with van der Waals surface area (Å²) in [6.07, 6.45) is 73.6. The molecule has 0 fully saturated rings. The molecular formula is C67H128O6. The van der Waals surface area contributed by atoms with Gasteiger partial charge in [0.2, 0.25) is 0 Å². The Hall–Kier alpha value is -1.85. The third-order valence-corrected chi connectivity index (χ3v) is 15.3. The number of hydrogen-bond acceptors (Lipinski definition) is 6. The lowest BCUT2D eigenvalue weighted by molar-refractivity contribution is -0.167. The van der Waals surface area contributed by atoms with Crippen molar-refractivity contribution in [3.63, 3.8) is 0 Å². The van der Waals surface area contributed by atoms with Gasteiger partial charge in [-0.2, -0.15) is 0 Å². The number of allylic oxidation sites excluding steroid dienone is 2. The van der Waals surface area contributed by atoms with Gasteiger partial charge in [0.05, 0.1) is 0 Å². The highest BCUT2D eigenvalue weighted by Gasteiger charge is 2.19. The van der Waals surface area contributed by atoms with Gasteiger partial charge in [-0.3, -0.25) is 14.4 Å². The zero-order valence-electron chi connectivity index (χ0n) is 49.7. The molecule has 0 aromatic carbocycles. The molecule has 1 atom stereocenters. The first-order chi connectivity index (χ1) is 36.0. The summed E-state index contributed by atoms with van der Waals surface area (Å²) in [4.78, 5) is 38.3. The minimum atomic E-state index is -0.766. The molecule has 0 unspecified atom stereocenters. The molecule has 0 heterocycles. The van der Waals surface area contributed by atoms with E-state index < -0.39 is 6.10 Å². The maximum absolute atomic E-state index is 12.9. The van der Waals surface area contributed by atoms with E-state index in [0.29, 0.717) is 19.3 Å². The van der Waals surface area contributed by atoms with Crippen LogP contribution in [0.25, 0.3) is 0 Å². The standard InChI is InChI=1S/C67H128O6/c1-4-7-10-13-16-19-22-25-28-30-32-33-35-37-40-42-45-48-51-54-57-60-66(69)72-63-64(73-67(70)61-58-55-52-49-46-43-38-27-24-21-18-15-12-9-6-3)62-71-65(68)59-56-53-50-47-44-41-39-36-34-31-29-26-23-20-17-14-11-8-5-2/h26,29,64H,4-25,27-28,30-63H2,1-3H3/b29-26-/t64-/m1/s1. The predicted octanol–water partition coefficient (Wildman–Crippen LogP) is 22.4. The quantitative estimate of drug-likeness (QED) is 0.0261. The lowest BCUT2D eigenvalue weighted by Gasteiger charge is -2.18. The topological polar surface area (TPSA) is 78.9 Å². The Labute approximate surface area is 456 Å². The van der Waals surface area contributed by atoms with Crippen LogP contribution in [-0.2, 0) is 28.6 Å². The molecule has 0 N–H and O–H groups in total. The number of unbranched alkanes of at least 4 members (excludes halogenated alkanes) is 49. The summed E-state index contributed by atoms with van der Waals surface area (Å²) in [7, 11) is 0. The van der Waals surface area contributed by atoms with Crippen LogP contribution in [-0.4, -0.2) is 37.2 Å². The Kier molecular flexibility index (Phi) is 61.1. The average Bonchev–Trinajstić information content (AvgIpc) is 3.39. The Morgan fingerprint density at radius 1 is 0.260 bits per heavy atom. The van der Waals surface area contributed by atoms with Crippen LogP contribution in [0.5, 0.6) is 0 Å². The van der Waals surface area contributed by atoms with Gasteiger partial charge < -0.3 is 14.2 Å². The van der Waals surface area contributed by atoms with Crippen LogP contribution in [0.15, 0.2) is 12.2 Å². The molecule has 0 aromatic rings. The minimum Gasteiger partial charge on any atom is -0.462 e. The fourth-order valence-electron chi connectivity index (χ4n) is 10.3. The van der Waals surface area contributed by atoms with E-state index in [4.69, 9.17) is 14.2 Å². The fourth-order valence-corrected chi connectivity index (χ4v) is 10.3. The Morgan fingerprint density at radius 3 is 0.685 bits per heavy atom. The van der Waals surface area contributed by atoms with Crippen LogP contribution in [0.1, 0.15) is 380 Å². The molecule has 0 saturated carbocycles. The van der Waals surface area contributed by atoms with Gasteiger partial charge >= 0.3 is 17.9 Å². The maximum Gasteiger partial charge on any atom is 0.306 e. The van der Waals surface area contributed by atoms with Gasteiger partial charge in [-0.15, -0.1) is 0 Å². The summed E-state index contributed by atoms with van der Waals surface area (Å²) >= 11 is 0. The first kappa shape index (κ1) is 71.2. The summed E-state index contributed by atoms with van der Waals surface area (Å²) in [6.45, 7) is 6.72. The summed E-state index contributed by atoms with van der Waals surface area (Å²) in [5, 5.41) is 0. The Balaban J connectivity index is 4.26. The maximum atomic E-state index is 12.9. The number of esters is 3. The Morgan fingerprint density at radius 2 is 0.452 bits per heavy atom. The lowest BCUT2D eigenvalue weighted by Crippen LogP contribution is -2.30. The van der Waals surface area contributed by atoms with Gasteiger partial charge in [0.1, 0.15) is 13.2 Å². The van der Waals surface area contributed by atoms with Crippen LogP contribution < -0.4 is 0 Å². The van der Waals surface area contributed by atoms with Gasteiger partial charge in [0.25, 0.3) is 0 Å². The fraction of sp³-hybridized carbons (Fsp3) is 0.925. The zero-order valence-corrected chi connectivity index (χ0v) is 49.7. The highest BCUT2D eigenvalue weighted by molar-refractivity contribution is 5.71. The number of carbonyl (C=O) groups excluding carboxylic acids is 3. The van der Waals surface area contributed by atoms with Crippen molar-refractivity contribution in [1.82, 2.24) is 0 Å². The van der Waals surface area contributed by atoms with E-state index in [2.05, 4.69) is 32.9 Å². The normalized spacial score (nSPS) is 12.0. The molecule has 6 heteroatoms. The Bertz CT molecular complexity index is 1130. The van der Waals surface area contributed by atoms with Crippen LogP contribution in [0.2, 0.25) is 0 Å². The van der Waals surface area contributed by atoms with Gasteiger partial charge in [0, 0.05) is 19.3 Å². The van der Waals surface area contributed by atoms with Crippen molar-refractivity contribution in [2.75, 3.05) is 13.2 Å². The van der Waals surface area contributed by atoms with Crippen molar-refractivity contribution in [3.8, 4) is 0 Å². The molecule has 0 rings (SSSR count). The second-order valence-corrected chi connectivity index (χ2v) is 22.7. The van der Waals surface area contributed by atoms with Crippen molar-refractivity contribution in [2.45, 2.75) is 386 Å². The van der Waals surface area contributed by atoms with Crippen LogP contribution in [0.4, 0.5) is 0 Å². The summed E-state index contributed by atoms with van der Waals surface area (Å²) < 4.78 is 17.0. The second-order valence-electron chi connectivity index (χ2n) is 22.7. The monoisotopic (exact) mass is 1030 g/mol. The predicted molar refractivity (Wildman–Crippen MR) is 317 cm³/mol. The molecule has 0 spiro atoms. The van der Waals surface area contributed by atoms with Crippen LogP contribution >= 0.6 is 0 Å². The van der Waals surface area contributed by atoms with E-state index in [0.717, 1.165) is 57.8 Å². The lowest BCUT2D eigenvalue weighted by atomic mass is 10.0. The van der Waals surface area contributed by atoms with Crippen molar-refractivity contribution >= 4 is 17.9 Å². The van der Waals surface area contributed by atoms with E-state index in [1.54, 1.807) is 0 Å². The molecule has 0 saturated heterocycles. The second kappa shape index (κ2) is 62.7. The molecule has 6 nitrogen and oxygen atoms in total. The number of rotatable bonds is 62. The first-order valence-electron chi connectivity index (χ1n) is 33.2. The molecule has 432 valence electrons. The van der Waals surface area contributed by atoms with E-state index in [1.165, 1.54) is 283 Å². The molecular weight excluding hydrogens is 901 g/mol. The van der Waals surface area contributed by atoms with Crippen LogP contribution in [0, 0.1) is 0 Å². The number of ether oxygens (including phenoxy) is 3. The van der Waals surface area contributed by atoms with Crippen molar-refractivity contribution in [3.05, 3.63) is 12.2 Å². The largest absolute Gasteiger partial charge is 0.462 e. The molecule has 0 aliphatic rings. The minimum absolute atomic E-state index is 0.0636. The molecule has 73 heavy (non-hydrogen) atoms. The average molecular weight is 1030 g/mol. The highest BCUT2D eigenvalue weighted by atomic mass is 16.6. The van der Waals surface area contributed by atoms with E-state index >= 15 is 0 Å². The van der Waals surface area contributed by atoms with Gasteiger partial charge in [-0.1, -0.05) is 328 Å². The molecule has 0 aliphatic carbocycles. The molecule has 0 aromatic heterocycles. The summed E-state index contributed by atoms with van der Waals surface area (Å²) in [6, 6.07) is 0. The van der Waals surface area contributed by atoms with Gasteiger partial charge in [-0.05, 0) is 44.9 Å². The third-order valence-electron chi connectivity index (χ3n) is 15.3. The highest BCUT2D eigenvalue weighted by Crippen LogP contribution is 2.18. The molecule has 0 aliphatic heterocycles.